The molecule has 0 spiro atoms. The summed E-state index contributed by atoms with van der Waals surface area (Å²) in [7, 11) is 1.80. The highest BCUT2D eigenvalue weighted by Gasteiger charge is 2.22. The van der Waals surface area contributed by atoms with Crippen LogP contribution in [0.15, 0.2) is 53.5 Å². The first-order chi connectivity index (χ1) is 12.7. The van der Waals surface area contributed by atoms with Gasteiger partial charge in [0.25, 0.3) is 5.91 Å². The average Bonchev–Trinajstić information content (AvgIpc) is 3.11. The summed E-state index contributed by atoms with van der Waals surface area (Å²) in [6, 6.07) is 16.2. The summed E-state index contributed by atoms with van der Waals surface area (Å²) in [6.45, 7) is 4.30. The van der Waals surface area contributed by atoms with Crippen LogP contribution in [0.4, 0.5) is 5.69 Å². The molecule has 1 heterocycles. The van der Waals surface area contributed by atoms with E-state index in [0.717, 1.165) is 30.9 Å². The number of guanidine groups is 1. The molecule has 1 aliphatic heterocycles. The average molecular weight is 478 g/mol. The summed E-state index contributed by atoms with van der Waals surface area (Å²) in [6.07, 6.45) is 1.96. The molecule has 1 amide bonds. The minimum Gasteiger partial charge on any atom is -0.352 e. The lowest BCUT2D eigenvalue weighted by Gasteiger charge is -2.22. The van der Waals surface area contributed by atoms with Crippen molar-refractivity contribution in [2.24, 2.45) is 4.99 Å². The first-order valence-electron chi connectivity index (χ1n) is 9.16. The predicted molar refractivity (Wildman–Crippen MR) is 122 cm³/mol. The molecule has 6 heteroatoms. The van der Waals surface area contributed by atoms with Crippen molar-refractivity contribution in [3.8, 4) is 0 Å². The molecule has 0 radical (unpaired) electrons. The van der Waals surface area contributed by atoms with Crippen molar-refractivity contribution in [2.45, 2.75) is 26.3 Å². The summed E-state index contributed by atoms with van der Waals surface area (Å²) < 4.78 is 0. The van der Waals surface area contributed by atoms with E-state index < -0.39 is 0 Å². The molecule has 2 aromatic rings. The molecule has 0 aromatic heterocycles. The zero-order valence-corrected chi connectivity index (χ0v) is 18.2. The first-order valence-corrected chi connectivity index (χ1v) is 9.16. The minimum absolute atomic E-state index is 0. The number of rotatable bonds is 5. The van der Waals surface area contributed by atoms with Gasteiger partial charge in [0.2, 0.25) is 0 Å². The van der Waals surface area contributed by atoms with Gasteiger partial charge in [-0.1, -0.05) is 37.3 Å². The second-order valence-corrected chi connectivity index (χ2v) is 6.39. The van der Waals surface area contributed by atoms with Gasteiger partial charge in [-0.3, -0.25) is 9.79 Å². The summed E-state index contributed by atoms with van der Waals surface area (Å²) in [4.78, 5) is 18.8. The topological polar surface area (TPSA) is 56.7 Å². The number of hydrogen-bond acceptors (Lipinski definition) is 2. The van der Waals surface area contributed by atoms with Crippen molar-refractivity contribution in [3.05, 3.63) is 65.2 Å². The van der Waals surface area contributed by atoms with E-state index in [1.165, 1.54) is 11.3 Å². The monoisotopic (exact) mass is 478 g/mol. The van der Waals surface area contributed by atoms with Crippen molar-refractivity contribution < 1.29 is 4.79 Å². The Labute approximate surface area is 178 Å². The van der Waals surface area contributed by atoms with Crippen LogP contribution < -0.4 is 15.5 Å². The van der Waals surface area contributed by atoms with E-state index in [2.05, 4.69) is 44.8 Å². The van der Waals surface area contributed by atoms with Crippen LogP contribution in [-0.4, -0.2) is 32.0 Å². The number of aliphatic imine (C=N–C) groups is 1. The number of halogens is 1. The maximum absolute atomic E-state index is 12.1. The second-order valence-electron chi connectivity index (χ2n) is 6.39. The number of fused-ring (bicyclic) bond motifs is 1. The standard InChI is InChI=1S/C21H26N4O.HI/c1-3-12-23-20(26)18-9-6-7-16(14-18)15-24-21(22-2)25-13-11-17-8-4-5-10-19(17)25;/h4-10,14H,3,11-13,15H2,1-2H3,(H,22,24)(H,23,26);1H. The van der Waals surface area contributed by atoms with Gasteiger partial charge in [0.15, 0.2) is 5.96 Å². The highest BCUT2D eigenvalue weighted by molar-refractivity contribution is 14.0. The van der Waals surface area contributed by atoms with Gasteiger partial charge in [-0.25, -0.2) is 0 Å². The van der Waals surface area contributed by atoms with Crippen LogP contribution in [-0.2, 0) is 13.0 Å². The SMILES string of the molecule is CCCNC(=O)c1cccc(CNC(=NC)N2CCc3ccccc32)c1.I. The van der Waals surface area contributed by atoms with Crippen LogP contribution in [0.2, 0.25) is 0 Å². The van der Waals surface area contributed by atoms with Crippen molar-refractivity contribution >= 4 is 41.5 Å². The van der Waals surface area contributed by atoms with Gasteiger partial charge >= 0.3 is 0 Å². The summed E-state index contributed by atoms with van der Waals surface area (Å²) in [5.74, 6) is 0.835. The van der Waals surface area contributed by atoms with Crippen LogP contribution in [0, 0.1) is 0 Å². The number of benzene rings is 2. The molecule has 144 valence electrons. The third-order valence-corrected chi connectivity index (χ3v) is 4.53. The number of amides is 1. The van der Waals surface area contributed by atoms with E-state index in [0.29, 0.717) is 18.7 Å². The Morgan fingerprint density at radius 2 is 1.96 bits per heavy atom. The Bertz CT molecular complexity index is 806. The van der Waals surface area contributed by atoms with Gasteiger partial charge in [-0.05, 0) is 42.2 Å². The van der Waals surface area contributed by atoms with Crippen molar-refractivity contribution in [2.75, 3.05) is 25.0 Å². The van der Waals surface area contributed by atoms with Crippen molar-refractivity contribution in [1.29, 1.82) is 0 Å². The van der Waals surface area contributed by atoms with Gasteiger partial charge in [0.05, 0.1) is 0 Å². The molecule has 1 aliphatic rings. The Kier molecular flexibility index (Phi) is 8.09. The molecule has 27 heavy (non-hydrogen) atoms. The molecule has 0 bridgehead atoms. The number of carbonyl (C=O) groups excluding carboxylic acids is 1. The highest BCUT2D eigenvalue weighted by Crippen LogP contribution is 2.27. The van der Waals surface area contributed by atoms with Crippen molar-refractivity contribution in [1.82, 2.24) is 10.6 Å². The third kappa shape index (κ3) is 5.22. The fourth-order valence-corrected chi connectivity index (χ4v) is 3.20. The van der Waals surface area contributed by atoms with E-state index in [4.69, 9.17) is 0 Å². The lowest BCUT2D eigenvalue weighted by molar-refractivity contribution is 0.0953. The second kappa shape index (κ2) is 10.3. The summed E-state index contributed by atoms with van der Waals surface area (Å²) in [5.41, 5.74) is 4.32. The molecular weight excluding hydrogens is 451 g/mol. The van der Waals surface area contributed by atoms with Crippen LogP contribution >= 0.6 is 24.0 Å². The number of carbonyl (C=O) groups is 1. The number of nitrogens with zero attached hydrogens (tertiary/aromatic N) is 2. The normalized spacial score (nSPS) is 13.0. The first kappa shape index (κ1) is 21.2. The van der Waals surface area contributed by atoms with E-state index in [1.807, 2.05) is 31.2 Å². The lowest BCUT2D eigenvalue weighted by Crippen LogP contribution is -2.40. The molecule has 0 fully saturated rings. The molecule has 0 saturated heterocycles. The fourth-order valence-electron chi connectivity index (χ4n) is 3.20. The maximum atomic E-state index is 12.1. The molecule has 5 nitrogen and oxygen atoms in total. The molecule has 0 aliphatic carbocycles. The number of hydrogen-bond donors (Lipinski definition) is 2. The Morgan fingerprint density at radius 3 is 2.74 bits per heavy atom. The molecule has 0 atom stereocenters. The predicted octanol–water partition coefficient (Wildman–Crippen LogP) is 3.58. The number of anilines is 1. The summed E-state index contributed by atoms with van der Waals surface area (Å²) >= 11 is 0. The largest absolute Gasteiger partial charge is 0.352 e. The zero-order chi connectivity index (χ0) is 18.4. The Morgan fingerprint density at radius 1 is 1.15 bits per heavy atom. The quantitative estimate of drug-likeness (QED) is 0.393. The Balaban J connectivity index is 0.00000261. The maximum Gasteiger partial charge on any atom is 0.251 e. The van der Waals surface area contributed by atoms with E-state index >= 15 is 0 Å². The highest BCUT2D eigenvalue weighted by atomic mass is 127. The van der Waals surface area contributed by atoms with Crippen LogP contribution in [0.25, 0.3) is 0 Å². The number of nitrogens with one attached hydrogen (secondary N) is 2. The molecule has 2 N–H and O–H groups in total. The molecule has 2 aromatic carbocycles. The van der Waals surface area contributed by atoms with Crippen LogP contribution in [0.5, 0.6) is 0 Å². The van der Waals surface area contributed by atoms with Gasteiger partial charge in [-0.15, -0.1) is 24.0 Å². The van der Waals surface area contributed by atoms with E-state index in [1.54, 1.807) is 7.05 Å². The van der Waals surface area contributed by atoms with Crippen molar-refractivity contribution in [3.63, 3.8) is 0 Å². The molecule has 0 saturated carbocycles. The smallest absolute Gasteiger partial charge is 0.251 e. The minimum atomic E-state index is -0.0217. The zero-order valence-electron chi connectivity index (χ0n) is 15.9. The molecule has 0 unspecified atom stereocenters. The van der Waals surface area contributed by atoms with Gasteiger partial charge in [-0.2, -0.15) is 0 Å². The fraction of sp³-hybridized carbons (Fsp3) is 0.333. The van der Waals surface area contributed by atoms with Gasteiger partial charge < -0.3 is 15.5 Å². The third-order valence-electron chi connectivity index (χ3n) is 4.53. The van der Waals surface area contributed by atoms with Crippen LogP contribution in [0.1, 0.15) is 34.8 Å². The Hall–Kier alpha value is -2.09. The summed E-state index contributed by atoms with van der Waals surface area (Å²) in [5, 5.41) is 6.34. The lowest BCUT2D eigenvalue weighted by atomic mass is 10.1. The molecule has 3 rings (SSSR count). The van der Waals surface area contributed by atoms with Gasteiger partial charge in [0, 0.05) is 37.9 Å². The van der Waals surface area contributed by atoms with Gasteiger partial charge in [0.1, 0.15) is 0 Å². The van der Waals surface area contributed by atoms with E-state index in [9.17, 15) is 4.79 Å². The van der Waals surface area contributed by atoms with Crippen LogP contribution in [0.3, 0.4) is 0 Å². The molecular formula is C21H27IN4O. The van der Waals surface area contributed by atoms with E-state index in [-0.39, 0.29) is 29.9 Å². The number of para-hydroxylation sites is 1.